The zero-order chi connectivity index (χ0) is 18.2. The summed E-state index contributed by atoms with van der Waals surface area (Å²) in [4.78, 5) is 30.9. The van der Waals surface area contributed by atoms with E-state index in [1.165, 1.54) is 12.1 Å². The van der Waals surface area contributed by atoms with Gasteiger partial charge in [0.05, 0.1) is 0 Å². The van der Waals surface area contributed by atoms with E-state index in [9.17, 15) is 14.0 Å². The number of hydrogen-bond donors (Lipinski definition) is 0. The van der Waals surface area contributed by atoms with Gasteiger partial charge in [0.25, 0.3) is 0 Å². The Balaban J connectivity index is 1.75. The Morgan fingerprint density at radius 3 is 2.40 bits per heavy atom. The number of fused-ring (bicyclic) bond motifs is 2. The smallest absolute Gasteiger partial charge is 0.410 e. The molecule has 2 fully saturated rings. The fourth-order valence-electron chi connectivity index (χ4n) is 3.96. The van der Waals surface area contributed by atoms with Crippen LogP contribution in [0.2, 0.25) is 0 Å². The molecule has 1 amide bonds. The second-order valence-corrected chi connectivity index (χ2v) is 8.00. The van der Waals surface area contributed by atoms with Crippen LogP contribution >= 0.6 is 0 Å². The first kappa shape index (κ1) is 17.8. The van der Waals surface area contributed by atoms with E-state index in [1.807, 2.05) is 25.7 Å². The molecule has 2 aliphatic heterocycles. The third kappa shape index (κ3) is 3.99. The number of Topliss-reactive ketones (excluding diaryl/α,β-unsaturated/α-hetero) is 1. The summed E-state index contributed by atoms with van der Waals surface area (Å²) >= 11 is 0. The van der Waals surface area contributed by atoms with Crippen molar-refractivity contribution < 1.29 is 18.7 Å². The minimum Gasteiger partial charge on any atom is -0.444 e. The third-order valence-corrected chi connectivity index (χ3v) is 4.92. The number of pyridine rings is 1. The number of nitrogens with zero attached hydrogens (tertiary/aromatic N) is 2. The maximum absolute atomic E-state index is 13.3. The number of ether oxygens (including phenoxy) is 1. The van der Waals surface area contributed by atoms with Gasteiger partial charge in [-0.2, -0.15) is 4.39 Å². The Morgan fingerprint density at radius 1 is 1.20 bits per heavy atom. The lowest BCUT2D eigenvalue weighted by Crippen LogP contribution is -2.56. The molecule has 2 saturated heterocycles. The van der Waals surface area contributed by atoms with Crippen molar-refractivity contribution in [1.29, 1.82) is 0 Å². The average Bonchev–Trinajstić information content (AvgIpc) is 2.51. The Labute approximate surface area is 147 Å². The molecule has 1 aromatic rings. The van der Waals surface area contributed by atoms with Gasteiger partial charge in [0.2, 0.25) is 5.95 Å². The Morgan fingerprint density at radius 2 is 1.84 bits per heavy atom. The maximum atomic E-state index is 13.3. The van der Waals surface area contributed by atoms with Crippen LogP contribution in [0.15, 0.2) is 18.2 Å². The molecule has 3 heterocycles. The maximum Gasteiger partial charge on any atom is 0.410 e. The number of ketones is 1. The molecule has 2 atom stereocenters. The highest BCUT2D eigenvalue weighted by Gasteiger charge is 2.44. The molecule has 0 aliphatic carbocycles. The van der Waals surface area contributed by atoms with E-state index >= 15 is 0 Å². The summed E-state index contributed by atoms with van der Waals surface area (Å²) in [6.45, 7) is 5.56. The Bertz CT molecular complexity index is 657. The van der Waals surface area contributed by atoms with Gasteiger partial charge in [0.1, 0.15) is 11.3 Å². The van der Waals surface area contributed by atoms with Crippen LogP contribution in [0, 0.1) is 11.9 Å². The molecule has 0 radical (unpaired) electrons. The van der Waals surface area contributed by atoms with Crippen LogP contribution in [0.3, 0.4) is 0 Å². The fourth-order valence-corrected chi connectivity index (χ4v) is 3.96. The first-order valence-corrected chi connectivity index (χ1v) is 8.92. The van der Waals surface area contributed by atoms with Gasteiger partial charge >= 0.3 is 6.09 Å². The lowest BCUT2D eigenvalue weighted by molar-refractivity contribution is -0.0261. The van der Waals surface area contributed by atoms with Crippen LogP contribution in [-0.4, -0.2) is 39.4 Å². The first-order valence-electron chi connectivity index (χ1n) is 8.92. The lowest BCUT2D eigenvalue weighted by atomic mass is 9.76. The second-order valence-electron chi connectivity index (χ2n) is 8.00. The van der Waals surface area contributed by atoms with Gasteiger partial charge in [0.15, 0.2) is 5.78 Å². The molecule has 2 unspecified atom stereocenters. The molecule has 2 bridgehead atoms. The highest BCUT2D eigenvalue weighted by Crippen LogP contribution is 2.39. The van der Waals surface area contributed by atoms with E-state index in [-0.39, 0.29) is 35.6 Å². The van der Waals surface area contributed by atoms with Gasteiger partial charge in [-0.15, -0.1) is 0 Å². The van der Waals surface area contributed by atoms with E-state index in [0.717, 1.165) is 19.3 Å². The van der Waals surface area contributed by atoms with E-state index in [0.29, 0.717) is 12.8 Å². The van der Waals surface area contributed by atoms with Crippen LogP contribution in [0.1, 0.15) is 63.4 Å². The minimum atomic E-state index is -0.641. The monoisotopic (exact) mass is 348 g/mol. The number of carbonyl (C=O) groups excluding carboxylic acids is 2. The number of aromatic nitrogens is 1. The van der Waals surface area contributed by atoms with Crippen molar-refractivity contribution in [1.82, 2.24) is 9.88 Å². The molecule has 1 aromatic heterocycles. The van der Waals surface area contributed by atoms with Crippen molar-refractivity contribution in [2.45, 2.75) is 70.6 Å². The van der Waals surface area contributed by atoms with Crippen LogP contribution in [0.4, 0.5) is 9.18 Å². The molecule has 5 nitrogen and oxygen atoms in total. The highest BCUT2D eigenvalue weighted by molar-refractivity contribution is 5.96. The highest BCUT2D eigenvalue weighted by atomic mass is 19.1. The fraction of sp³-hybridized carbons (Fsp3) is 0.632. The zero-order valence-corrected chi connectivity index (χ0v) is 15.0. The second kappa shape index (κ2) is 6.73. The topological polar surface area (TPSA) is 59.5 Å². The number of carbonyl (C=O) groups is 2. The predicted octanol–water partition coefficient (Wildman–Crippen LogP) is 3.97. The molecule has 25 heavy (non-hydrogen) atoms. The number of halogens is 1. The zero-order valence-electron chi connectivity index (χ0n) is 15.0. The van der Waals surface area contributed by atoms with E-state index in [1.54, 1.807) is 6.07 Å². The molecule has 2 aliphatic rings. The molecule has 136 valence electrons. The van der Waals surface area contributed by atoms with Crippen LogP contribution in [0.25, 0.3) is 0 Å². The summed E-state index contributed by atoms with van der Waals surface area (Å²) in [5.74, 6) is -0.985. The number of amides is 1. The summed E-state index contributed by atoms with van der Waals surface area (Å²) < 4.78 is 18.9. The number of hydrogen-bond acceptors (Lipinski definition) is 4. The van der Waals surface area contributed by atoms with Crippen LogP contribution in [-0.2, 0) is 4.74 Å². The Kier molecular flexibility index (Phi) is 4.80. The van der Waals surface area contributed by atoms with Gasteiger partial charge in [0, 0.05) is 18.0 Å². The molecule has 0 spiro atoms. The molecular weight excluding hydrogens is 323 g/mol. The number of piperidine rings is 2. The molecule has 3 rings (SSSR count). The summed E-state index contributed by atoms with van der Waals surface area (Å²) in [6.07, 6.45) is 3.68. The summed E-state index contributed by atoms with van der Waals surface area (Å²) in [6, 6.07) is 4.30. The molecule has 0 aromatic carbocycles. The van der Waals surface area contributed by atoms with Crippen LogP contribution < -0.4 is 0 Å². The van der Waals surface area contributed by atoms with E-state index in [4.69, 9.17) is 4.74 Å². The van der Waals surface area contributed by atoms with Gasteiger partial charge in [-0.1, -0.05) is 6.07 Å². The summed E-state index contributed by atoms with van der Waals surface area (Å²) in [5.41, 5.74) is -0.363. The lowest BCUT2D eigenvalue weighted by Gasteiger charge is -2.48. The standard InChI is InChI=1S/C19H25FN2O3/c1-19(2,3)25-18(24)22-13-6-4-7-14(22)11-12(10-13)17(23)15-8-5-9-16(20)21-15/h5,8-9,12-14H,4,6-7,10-11H2,1-3H3. The SMILES string of the molecule is CC(C)(C)OC(=O)N1C2CCCC1CC(C(=O)c1cccc(F)n1)C2. The Hall–Kier alpha value is -1.98. The van der Waals surface area contributed by atoms with E-state index in [2.05, 4.69) is 4.98 Å². The van der Waals surface area contributed by atoms with Crippen molar-refractivity contribution in [3.05, 3.63) is 29.8 Å². The van der Waals surface area contributed by atoms with Gasteiger partial charge < -0.3 is 9.64 Å². The van der Waals surface area contributed by atoms with Gasteiger partial charge in [-0.25, -0.2) is 9.78 Å². The van der Waals surface area contributed by atoms with Gasteiger partial charge in [-0.05, 0) is 65.0 Å². The summed E-state index contributed by atoms with van der Waals surface area (Å²) in [7, 11) is 0. The van der Waals surface area contributed by atoms with Crippen LogP contribution in [0.5, 0.6) is 0 Å². The van der Waals surface area contributed by atoms with Crippen molar-refractivity contribution in [3.8, 4) is 0 Å². The van der Waals surface area contributed by atoms with Crippen molar-refractivity contribution >= 4 is 11.9 Å². The first-order chi connectivity index (χ1) is 11.7. The van der Waals surface area contributed by atoms with Gasteiger partial charge in [-0.3, -0.25) is 4.79 Å². The largest absolute Gasteiger partial charge is 0.444 e. The van der Waals surface area contributed by atoms with Crippen molar-refractivity contribution in [3.63, 3.8) is 0 Å². The average molecular weight is 348 g/mol. The van der Waals surface area contributed by atoms with Crippen molar-refractivity contribution in [2.75, 3.05) is 0 Å². The molecule has 6 heteroatoms. The predicted molar refractivity (Wildman–Crippen MR) is 90.7 cm³/mol. The van der Waals surface area contributed by atoms with E-state index < -0.39 is 11.5 Å². The van der Waals surface area contributed by atoms with Crippen molar-refractivity contribution in [2.24, 2.45) is 5.92 Å². The summed E-state index contributed by atoms with van der Waals surface area (Å²) in [5, 5.41) is 0. The normalized spacial score (nSPS) is 26.2. The molecule has 0 N–H and O–H groups in total. The third-order valence-electron chi connectivity index (χ3n) is 4.92. The number of rotatable bonds is 2. The molecular formula is C19H25FN2O3. The minimum absolute atomic E-state index is 0.00450. The molecule has 0 saturated carbocycles. The quantitative estimate of drug-likeness (QED) is 0.599.